The van der Waals surface area contributed by atoms with Crippen molar-refractivity contribution in [2.45, 2.75) is 12.3 Å². The summed E-state index contributed by atoms with van der Waals surface area (Å²) in [6.45, 7) is 0. The van der Waals surface area contributed by atoms with Gasteiger partial charge in [-0.2, -0.15) is 0 Å². The van der Waals surface area contributed by atoms with Gasteiger partial charge in [0.2, 0.25) is 5.91 Å². The molecule has 1 unspecified atom stereocenters. The first kappa shape index (κ1) is 13.8. The smallest absolute Gasteiger partial charge is 0.226 e. The number of amides is 1. The highest BCUT2D eigenvalue weighted by Gasteiger charge is 2.19. The van der Waals surface area contributed by atoms with Crippen LogP contribution in [0.15, 0.2) is 42.6 Å². The molecule has 0 fully saturated rings. The fourth-order valence-corrected chi connectivity index (χ4v) is 2.16. The zero-order valence-corrected chi connectivity index (χ0v) is 11.5. The van der Waals surface area contributed by atoms with E-state index in [-0.39, 0.29) is 0 Å². The zero-order chi connectivity index (χ0) is 13.8. The van der Waals surface area contributed by atoms with E-state index >= 15 is 0 Å². The maximum Gasteiger partial charge on any atom is 0.226 e. The Bertz CT molecular complexity index is 587. The first-order valence-corrected chi connectivity index (χ1v) is 6.47. The molecule has 0 spiro atoms. The summed E-state index contributed by atoms with van der Waals surface area (Å²) in [5, 5.41) is 0.947. The van der Waals surface area contributed by atoms with Gasteiger partial charge in [-0.1, -0.05) is 35.3 Å². The third-order valence-electron chi connectivity index (χ3n) is 2.81. The van der Waals surface area contributed by atoms with Crippen LogP contribution in [-0.2, 0) is 11.2 Å². The second-order valence-electron chi connectivity index (χ2n) is 4.16. The Labute approximate surface area is 121 Å². The van der Waals surface area contributed by atoms with E-state index in [0.29, 0.717) is 22.2 Å². The molecule has 3 nitrogen and oxygen atoms in total. The van der Waals surface area contributed by atoms with Gasteiger partial charge in [0.05, 0.1) is 21.7 Å². The average Bonchev–Trinajstić information content (AvgIpc) is 2.40. The third-order valence-corrected chi connectivity index (χ3v) is 3.55. The highest BCUT2D eigenvalue weighted by Crippen LogP contribution is 2.26. The maximum atomic E-state index is 11.6. The van der Waals surface area contributed by atoms with Crippen LogP contribution in [0.4, 0.5) is 0 Å². The third kappa shape index (κ3) is 3.46. The van der Waals surface area contributed by atoms with Gasteiger partial charge in [0.1, 0.15) is 0 Å². The van der Waals surface area contributed by atoms with Crippen molar-refractivity contribution in [2.24, 2.45) is 5.73 Å². The fraction of sp³-hybridized carbons (Fsp3) is 0.143. The molecule has 0 aliphatic rings. The molecule has 98 valence electrons. The van der Waals surface area contributed by atoms with Crippen LogP contribution in [0.5, 0.6) is 0 Å². The minimum Gasteiger partial charge on any atom is -0.369 e. The molecule has 5 heteroatoms. The number of carbonyl (C=O) groups is 1. The van der Waals surface area contributed by atoms with Gasteiger partial charge in [0.25, 0.3) is 0 Å². The van der Waals surface area contributed by atoms with Crippen molar-refractivity contribution < 1.29 is 4.79 Å². The molecule has 1 heterocycles. The summed E-state index contributed by atoms with van der Waals surface area (Å²) in [6, 6.07) is 10.7. The van der Waals surface area contributed by atoms with Crippen LogP contribution in [-0.4, -0.2) is 10.9 Å². The number of hydrogen-bond donors (Lipinski definition) is 1. The Balaban J connectivity index is 2.27. The van der Waals surface area contributed by atoms with Crippen molar-refractivity contribution in [3.63, 3.8) is 0 Å². The van der Waals surface area contributed by atoms with E-state index in [9.17, 15) is 4.79 Å². The summed E-state index contributed by atoms with van der Waals surface area (Å²) in [4.78, 5) is 15.8. The van der Waals surface area contributed by atoms with Crippen molar-refractivity contribution in [2.75, 3.05) is 0 Å². The molecule has 2 aromatic rings. The van der Waals surface area contributed by atoms with Gasteiger partial charge in [0.15, 0.2) is 0 Å². The molecule has 2 N–H and O–H groups in total. The van der Waals surface area contributed by atoms with Crippen LogP contribution in [0.25, 0.3) is 0 Å². The second kappa shape index (κ2) is 6.04. The molecule has 0 aliphatic heterocycles. The molecule has 0 radical (unpaired) electrons. The number of hydrogen-bond acceptors (Lipinski definition) is 2. The molecule has 1 amide bonds. The van der Waals surface area contributed by atoms with Crippen LogP contribution < -0.4 is 5.73 Å². The molecule has 2 rings (SSSR count). The van der Waals surface area contributed by atoms with E-state index in [1.54, 1.807) is 30.5 Å². The number of benzene rings is 1. The van der Waals surface area contributed by atoms with Gasteiger partial charge in [-0.3, -0.25) is 9.78 Å². The summed E-state index contributed by atoms with van der Waals surface area (Å²) < 4.78 is 0. The molecular weight excluding hydrogens is 283 g/mol. The lowest BCUT2D eigenvalue weighted by Crippen LogP contribution is -2.24. The van der Waals surface area contributed by atoms with E-state index in [0.717, 1.165) is 5.56 Å². The molecule has 1 aromatic carbocycles. The number of nitrogens with two attached hydrogens (primary N) is 1. The average molecular weight is 295 g/mol. The van der Waals surface area contributed by atoms with Crippen molar-refractivity contribution >= 4 is 29.1 Å². The SMILES string of the molecule is NC(=O)C(Cc1ccc(Cl)c(Cl)c1)c1ccccn1. The molecule has 0 saturated heterocycles. The summed E-state index contributed by atoms with van der Waals surface area (Å²) in [5.41, 5.74) is 6.99. The summed E-state index contributed by atoms with van der Waals surface area (Å²) in [7, 11) is 0. The second-order valence-corrected chi connectivity index (χ2v) is 4.98. The van der Waals surface area contributed by atoms with Crippen LogP contribution >= 0.6 is 23.2 Å². The van der Waals surface area contributed by atoms with Gasteiger partial charge < -0.3 is 5.73 Å². The van der Waals surface area contributed by atoms with Crippen LogP contribution in [0.2, 0.25) is 10.0 Å². The molecule has 1 atom stereocenters. The van der Waals surface area contributed by atoms with Crippen molar-refractivity contribution in [3.8, 4) is 0 Å². The Hall–Kier alpha value is -1.58. The molecule has 1 aromatic heterocycles. The lowest BCUT2D eigenvalue weighted by Gasteiger charge is -2.13. The Morgan fingerprint density at radius 3 is 2.58 bits per heavy atom. The summed E-state index contributed by atoms with van der Waals surface area (Å²) >= 11 is 11.8. The predicted octanol–water partition coefficient (Wildman–Crippen LogP) is 3.20. The van der Waals surface area contributed by atoms with E-state index in [1.165, 1.54) is 0 Å². The lowest BCUT2D eigenvalue weighted by molar-refractivity contribution is -0.119. The summed E-state index contributed by atoms with van der Waals surface area (Å²) in [5.74, 6) is -0.886. The van der Waals surface area contributed by atoms with E-state index in [1.807, 2.05) is 12.1 Å². The molecular formula is C14H12Cl2N2O. The summed E-state index contributed by atoms with van der Waals surface area (Å²) in [6.07, 6.45) is 2.09. The largest absolute Gasteiger partial charge is 0.369 e. The minimum atomic E-state index is -0.474. The van der Waals surface area contributed by atoms with Crippen molar-refractivity contribution in [3.05, 3.63) is 63.9 Å². The number of pyridine rings is 1. The highest BCUT2D eigenvalue weighted by molar-refractivity contribution is 6.42. The number of nitrogens with zero attached hydrogens (tertiary/aromatic N) is 1. The topological polar surface area (TPSA) is 56.0 Å². The van der Waals surface area contributed by atoms with Gasteiger partial charge in [0, 0.05) is 6.20 Å². The predicted molar refractivity (Wildman–Crippen MR) is 76.3 cm³/mol. The van der Waals surface area contributed by atoms with Gasteiger partial charge in [-0.15, -0.1) is 0 Å². The molecule has 0 saturated carbocycles. The standard InChI is InChI=1S/C14H12Cl2N2O/c15-11-5-4-9(8-12(11)16)7-10(14(17)19)13-3-1-2-6-18-13/h1-6,8,10H,7H2,(H2,17,19). The monoisotopic (exact) mass is 294 g/mol. The van der Waals surface area contributed by atoms with Crippen LogP contribution in [0.1, 0.15) is 17.2 Å². The number of halogens is 2. The normalized spacial score (nSPS) is 12.1. The van der Waals surface area contributed by atoms with Crippen LogP contribution in [0, 0.1) is 0 Å². The maximum absolute atomic E-state index is 11.6. The lowest BCUT2D eigenvalue weighted by atomic mass is 9.95. The number of aromatic nitrogens is 1. The van der Waals surface area contributed by atoms with Crippen molar-refractivity contribution in [1.82, 2.24) is 4.98 Å². The highest BCUT2D eigenvalue weighted by atomic mass is 35.5. The fourth-order valence-electron chi connectivity index (χ4n) is 1.84. The first-order chi connectivity index (χ1) is 9.08. The van der Waals surface area contributed by atoms with E-state index in [4.69, 9.17) is 28.9 Å². The Kier molecular flexibility index (Phi) is 4.40. The van der Waals surface area contributed by atoms with Gasteiger partial charge in [-0.25, -0.2) is 0 Å². The number of carbonyl (C=O) groups excluding carboxylic acids is 1. The van der Waals surface area contributed by atoms with E-state index < -0.39 is 11.8 Å². The minimum absolute atomic E-state index is 0.412. The Morgan fingerprint density at radius 2 is 2.00 bits per heavy atom. The molecule has 0 bridgehead atoms. The first-order valence-electron chi connectivity index (χ1n) is 5.72. The van der Waals surface area contributed by atoms with E-state index in [2.05, 4.69) is 4.98 Å². The zero-order valence-electron chi connectivity index (χ0n) is 10.0. The quantitative estimate of drug-likeness (QED) is 0.941. The molecule has 0 aliphatic carbocycles. The molecule has 19 heavy (non-hydrogen) atoms. The van der Waals surface area contributed by atoms with Crippen molar-refractivity contribution in [1.29, 1.82) is 0 Å². The Morgan fingerprint density at radius 1 is 1.21 bits per heavy atom. The van der Waals surface area contributed by atoms with Gasteiger partial charge in [-0.05, 0) is 36.2 Å². The van der Waals surface area contributed by atoms with Crippen LogP contribution in [0.3, 0.4) is 0 Å². The number of primary amides is 1. The number of rotatable bonds is 4. The van der Waals surface area contributed by atoms with Gasteiger partial charge >= 0.3 is 0 Å².